The lowest BCUT2D eigenvalue weighted by Crippen LogP contribution is -2.36. The lowest BCUT2D eigenvalue weighted by Gasteiger charge is -2.28. The highest BCUT2D eigenvalue weighted by molar-refractivity contribution is 6.02. The fourth-order valence-corrected chi connectivity index (χ4v) is 3.11. The van der Waals surface area contributed by atoms with Crippen LogP contribution in [-0.4, -0.2) is 44.5 Å². The van der Waals surface area contributed by atoms with E-state index in [1.807, 2.05) is 50.2 Å². The third-order valence-electron chi connectivity index (χ3n) is 4.60. The molecule has 0 aliphatic carbocycles. The molecule has 1 aliphatic rings. The Balaban J connectivity index is 1.58. The molecule has 3 rings (SSSR count). The summed E-state index contributed by atoms with van der Waals surface area (Å²) >= 11 is 0. The van der Waals surface area contributed by atoms with Gasteiger partial charge in [-0.1, -0.05) is 17.7 Å². The molecule has 0 saturated carbocycles. The summed E-state index contributed by atoms with van der Waals surface area (Å²) in [4.78, 5) is 26.9. The molecular formula is C21H24N2O3. The molecule has 0 bridgehead atoms. The molecule has 1 amide bonds. The van der Waals surface area contributed by atoms with Gasteiger partial charge in [0.15, 0.2) is 5.78 Å². The molecule has 136 valence electrons. The van der Waals surface area contributed by atoms with Crippen LogP contribution >= 0.6 is 0 Å². The Morgan fingerprint density at radius 3 is 2.38 bits per heavy atom. The summed E-state index contributed by atoms with van der Waals surface area (Å²) in [7, 11) is 0. The second kappa shape index (κ2) is 8.15. The molecule has 2 aromatic rings. The SMILES string of the molecule is Cc1ccc(C(=O)NCC(=O)c2ccc(N3CCOCC3)cc2)c(C)c1. The Morgan fingerprint density at radius 1 is 1.04 bits per heavy atom. The molecule has 0 radical (unpaired) electrons. The first-order valence-electron chi connectivity index (χ1n) is 8.86. The van der Waals surface area contributed by atoms with E-state index >= 15 is 0 Å². The molecule has 1 N–H and O–H groups in total. The van der Waals surface area contributed by atoms with Crippen LogP contribution in [0.1, 0.15) is 31.8 Å². The van der Waals surface area contributed by atoms with Crippen LogP contribution in [0.15, 0.2) is 42.5 Å². The van der Waals surface area contributed by atoms with Crippen LogP contribution in [0.25, 0.3) is 0 Å². The minimum Gasteiger partial charge on any atom is -0.378 e. The summed E-state index contributed by atoms with van der Waals surface area (Å²) in [6.45, 7) is 7.05. The van der Waals surface area contributed by atoms with E-state index in [1.165, 1.54) is 0 Å². The maximum absolute atomic E-state index is 12.4. The van der Waals surface area contributed by atoms with Crippen LogP contribution in [0, 0.1) is 13.8 Å². The zero-order valence-electron chi connectivity index (χ0n) is 15.2. The van der Waals surface area contributed by atoms with Crippen molar-refractivity contribution < 1.29 is 14.3 Å². The van der Waals surface area contributed by atoms with Gasteiger partial charge in [-0.15, -0.1) is 0 Å². The number of benzene rings is 2. The van der Waals surface area contributed by atoms with Gasteiger partial charge in [0.25, 0.3) is 5.91 Å². The van der Waals surface area contributed by atoms with Gasteiger partial charge in [-0.3, -0.25) is 9.59 Å². The van der Waals surface area contributed by atoms with E-state index in [4.69, 9.17) is 4.74 Å². The molecule has 1 aliphatic heterocycles. The summed E-state index contributed by atoms with van der Waals surface area (Å²) in [5.41, 5.74) is 4.30. The first-order valence-corrected chi connectivity index (χ1v) is 8.86. The second-order valence-electron chi connectivity index (χ2n) is 6.57. The van der Waals surface area contributed by atoms with E-state index < -0.39 is 0 Å². The number of ether oxygens (including phenoxy) is 1. The highest BCUT2D eigenvalue weighted by Crippen LogP contribution is 2.17. The monoisotopic (exact) mass is 352 g/mol. The number of Topliss-reactive ketones (excluding diaryl/α,β-unsaturated/α-hetero) is 1. The van der Waals surface area contributed by atoms with Gasteiger partial charge in [0.1, 0.15) is 0 Å². The van der Waals surface area contributed by atoms with Gasteiger partial charge in [-0.05, 0) is 49.7 Å². The maximum atomic E-state index is 12.4. The van der Waals surface area contributed by atoms with E-state index in [0.717, 1.165) is 43.1 Å². The highest BCUT2D eigenvalue weighted by Gasteiger charge is 2.14. The van der Waals surface area contributed by atoms with Gasteiger partial charge >= 0.3 is 0 Å². The Morgan fingerprint density at radius 2 is 1.73 bits per heavy atom. The van der Waals surface area contributed by atoms with Gasteiger partial charge in [-0.25, -0.2) is 0 Å². The van der Waals surface area contributed by atoms with Crippen LogP contribution in [0.3, 0.4) is 0 Å². The Bertz CT molecular complexity index is 793. The van der Waals surface area contributed by atoms with Crippen molar-refractivity contribution in [3.63, 3.8) is 0 Å². The number of aryl methyl sites for hydroxylation is 2. The van der Waals surface area contributed by atoms with Gasteiger partial charge < -0.3 is 15.0 Å². The first kappa shape index (κ1) is 18.1. The minimum atomic E-state index is -0.221. The Kier molecular flexibility index (Phi) is 5.68. The lowest BCUT2D eigenvalue weighted by molar-refractivity contribution is 0.0903. The van der Waals surface area contributed by atoms with Crippen LogP contribution in [0.5, 0.6) is 0 Å². The number of morpholine rings is 1. The molecule has 0 unspecified atom stereocenters. The van der Waals surface area contributed by atoms with Crippen molar-refractivity contribution in [3.8, 4) is 0 Å². The minimum absolute atomic E-state index is 0.0109. The second-order valence-corrected chi connectivity index (χ2v) is 6.57. The molecule has 1 heterocycles. The number of hydrogen-bond donors (Lipinski definition) is 1. The van der Waals surface area contributed by atoms with Crippen molar-refractivity contribution in [2.75, 3.05) is 37.7 Å². The lowest BCUT2D eigenvalue weighted by atomic mass is 10.0. The van der Waals surface area contributed by atoms with Crippen molar-refractivity contribution in [2.24, 2.45) is 0 Å². The molecule has 1 fully saturated rings. The van der Waals surface area contributed by atoms with Crippen molar-refractivity contribution in [2.45, 2.75) is 13.8 Å². The van der Waals surface area contributed by atoms with Gasteiger partial charge in [0.2, 0.25) is 0 Å². The predicted octanol–water partition coefficient (Wildman–Crippen LogP) is 2.75. The van der Waals surface area contributed by atoms with Crippen molar-refractivity contribution in [1.82, 2.24) is 5.32 Å². The summed E-state index contributed by atoms with van der Waals surface area (Å²) in [5, 5.41) is 2.72. The normalized spacial score (nSPS) is 14.2. The molecule has 2 aromatic carbocycles. The maximum Gasteiger partial charge on any atom is 0.251 e. The number of amides is 1. The summed E-state index contributed by atoms with van der Waals surface area (Å²) in [5.74, 6) is -0.322. The van der Waals surface area contributed by atoms with E-state index in [-0.39, 0.29) is 18.2 Å². The quantitative estimate of drug-likeness (QED) is 0.841. The van der Waals surface area contributed by atoms with E-state index in [9.17, 15) is 9.59 Å². The Hall–Kier alpha value is -2.66. The topological polar surface area (TPSA) is 58.6 Å². The fraction of sp³-hybridized carbons (Fsp3) is 0.333. The van der Waals surface area contributed by atoms with Gasteiger partial charge in [0.05, 0.1) is 19.8 Å². The van der Waals surface area contributed by atoms with Crippen molar-refractivity contribution in [1.29, 1.82) is 0 Å². The smallest absolute Gasteiger partial charge is 0.251 e. The van der Waals surface area contributed by atoms with Crippen molar-refractivity contribution in [3.05, 3.63) is 64.7 Å². The number of hydrogen-bond acceptors (Lipinski definition) is 4. The molecule has 0 atom stereocenters. The Labute approximate surface area is 154 Å². The van der Waals surface area contributed by atoms with Crippen molar-refractivity contribution >= 4 is 17.4 Å². The number of carbonyl (C=O) groups is 2. The van der Waals surface area contributed by atoms with Gasteiger partial charge in [-0.2, -0.15) is 0 Å². The van der Waals surface area contributed by atoms with Crippen LogP contribution in [0.2, 0.25) is 0 Å². The third kappa shape index (κ3) is 4.29. The molecule has 5 heteroatoms. The average Bonchev–Trinajstić information content (AvgIpc) is 2.66. The van der Waals surface area contributed by atoms with Crippen LogP contribution in [-0.2, 0) is 4.74 Å². The average molecular weight is 352 g/mol. The largest absolute Gasteiger partial charge is 0.378 e. The number of rotatable bonds is 5. The highest BCUT2D eigenvalue weighted by atomic mass is 16.5. The molecule has 5 nitrogen and oxygen atoms in total. The zero-order chi connectivity index (χ0) is 18.5. The number of nitrogens with zero attached hydrogens (tertiary/aromatic N) is 1. The molecular weight excluding hydrogens is 328 g/mol. The number of ketones is 1. The standard InChI is InChI=1S/C21H24N2O3/c1-15-3-8-19(16(2)13-15)21(25)22-14-20(24)17-4-6-18(7-5-17)23-9-11-26-12-10-23/h3-8,13H,9-12,14H2,1-2H3,(H,22,25). The fourth-order valence-electron chi connectivity index (χ4n) is 3.11. The van der Waals surface area contributed by atoms with Gasteiger partial charge in [0, 0.05) is 29.9 Å². The van der Waals surface area contributed by atoms with E-state index in [2.05, 4.69) is 10.2 Å². The summed E-state index contributed by atoms with van der Waals surface area (Å²) in [6, 6.07) is 13.2. The predicted molar refractivity (Wildman–Crippen MR) is 102 cm³/mol. The van der Waals surface area contributed by atoms with Crippen LogP contribution < -0.4 is 10.2 Å². The summed E-state index contributed by atoms with van der Waals surface area (Å²) in [6.07, 6.45) is 0. The molecule has 0 aromatic heterocycles. The zero-order valence-corrected chi connectivity index (χ0v) is 15.2. The number of anilines is 1. The summed E-state index contributed by atoms with van der Waals surface area (Å²) < 4.78 is 5.35. The third-order valence-corrected chi connectivity index (χ3v) is 4.60. The van der Waals surface area contributed by atoms with E-state index in [0.29, 0.717) is 11.1 Å². The van der Waals surface area contributed by atoms with E-state index in [1.54, 1.807) is 6.07 Å². The number of carbonyl (C=O) groups excluding carboxylic acids is 2. The first-order chi connectivity index (χ1) is 12.5. The molecule has 26 heavy (non-hydrogen) atoms. The molecule has 1 saturated heterocycles. The number of nitrogens with one attached hydrogen (secondary N) is 1. The van der Waals surface area contributed by atoms with Crippen LogP contribution in [0.4, 0.5) is 5.69 Å². The molecule has 0 spiro atoms.